The number of H-pyrrole nitrogens is 1. The van der Waals surface area contributed by atoms with E-state index < -0.39 is 6.03 Å². The molecule has 0 unspecified atom stereocenters. The molecule has 1 aromatic carbocycles. The molecule has 8 heteroatoms. The lowest BCUT2D eigenvalue weighted by Gasteiger charge is -2.17. The summed E-state index contributed by atoms with van der Waals surface area (Å²) in [5.74, 6) is -0.420. The second-order valence-electron chi connectivity index (χ2n) is 5.46. The predicted octanol–water partition coefficient (Wildman–Crippen LogP) is 2.16. The molecule has 1 aromatic heterocycles. The number of likely N-dealkylation sites (N-methyl/N-ethyl adjacent to an activating group) is 1. The normalized spacial score (nSPS) is 14.2. The van der Waals surface area contributed by atoms with Crippen molar-refractivity contribution in [3.8, 4) is 0 Å². The molecule has 0 bridgehead atoms. The molecule has 2 heterocycles. The lowest BCUT2D eigenvalue weighted by atomic mass is 10.1. The van der Waals surface area contributed by atoms with Crippen LogP contribution in [0.25, 0.3) is 0 Å². The van der Waals surface area contributed by atoms with E-state index in [0.717, 1.165) is 0 Å². The quantitative estimate of drug-likeness (QED) is 0.835. The van der Waals surface area contributed by atoms with Crippen molar-refractivity contribution in [2.75, 3.05) is 25.6 Å². The molecule has 2 N–H and O–H groups in total. The van der Waals surface area contributed by atoms with Gasteiger partial charge in [0.1, 0.15) is 6.54 Å². The van der Waals surface area contributed by atoms with Crippen molar-refractivity contribution in [2.24, 2.45) is 0 Å². The second kappa shape index (κ2) is 6.37. The molecule has 0 atom stereocenters. The number of rotatable bonds is 3. The van der Waals surface area contributed by atoms with Crippen LogP contribution in [-0.4, -0.2) is 52.8 Å². The van der Waals surface area contributed by atoms with Crippen molar-refractivity contribution in [3.05, 3.63) is 52.8 Å². The van der Waals surface area contributed by atoms with Crippen LogP contribution >= 0.6 is 11.6 Å². The van der Waals surface area contributed by atoms with E-state index in [-0.39, 0.29) is 30.5 Å². The first-order chi connectivity index (χ1) is 11.5. The van der Waals surface area contributed by atoms with E-state index in [1.807, 2.05) is 0 Å². The van der Waals surface area contributed by atoms with Gasteiger partial charge in [-0.2, -0.15) is 0 Å². The minimum atomic E-state index is -0.449. The molecule has 124 valence electrons. The first-order valence-corrected chi connectivity index (χ1v) is 7.61. The molecule has 24 heavy (non-hydrogen) atoms. The van der Waals surface area contributed by atoms with Crippen LogP contribution in [-0.2, 0) is 4.79 Å². The van der Waals surface area contributed by atoms with E-state index in [4.69, 9.17) is 11.6 Å². The van der Waals surface area contributed by atoms with Gasteiger partial charge in [-0.05, 0) is 30.3 Å². The van der Waals surface area contributed by atoms with Gasteiger partial charge >= 0.3 is 6.03 Å². The molecule has 2 aromatic rings. The van der Waals surface area contributed by atoms with E-state index >= 15 is 0 Å². The monoisotopic (exact) mass is 346 g/mol. The second-order valence-corrected chi connectivity index (χ2v) is 5.90. The molecule has 0 spiro atoms. The number of aromatic amines is 1. The molecule has 0 radical (unpaired) electrons. The summed E-state index contributed by atoms with van der Waals surface area (Å²) in [6.45, 7) is 0.216. The van der Waals surface area contributed by atoms with Gasteiger partial charge in [-0.25, -0.2) is 4.79 Å². The van der Waals surface area contributed by atoms with Crippen molar-refractivity contribution < 1.29 is 14.4 Å². The van der Waals surface area contributed by atoms with Crippen molar-refractivity contribution >= 4 is 35.0 Å². The minimum absolute atomic E-state index is 0.00975. The van der Waals surface area contributed by atoms with Crippen molar-refractivity contribution in [1.82, 2.24) is 14.8 Å². The van der Waals surface area contributed by atoms with Crippen LogP contribution in [0, 0.1) is 0 Å². The highest BCUT2D eigenvalue weighted by atomic mass is 35.5. The van der Waals surface area contributed by atoms with Crippen molar-refractivity contribution in [2.45, 2.75) is 0 Å². The first-order valence-electron chi connectivity index (χ1n) is 7.23. The summed E-state index contributed by atoms with van der Waals surface area (Å²) >= 11 is 5.99. The third kappa shape index (κ3) is 3.11. The van der Waals surface area contributed by atoms with Crippen LogP contribution in [0.15, 0.2) is 36.5 Å². The average molecular weight is 347 g/mol. The summed E-state index contributed by atoms with van der Waals surface area (Å²) < 4.78 is 0. The zero-order chi connectivity index (χ0) is 17.3. The Morgan fingerprint density at radius 3 is 2.71 bits per heavy atom. The molecule has 1 saturated heterocycles. The van der Waals surface area contributed by atoms with Gasteiger partial charge in [-0.1, -0.05) is 11.6 Å². The number of aromatic nitrogens is 1. The fourth-order valence-corrected chi connectivity index (χ4v) is 2.60. The van der Waals surface area contributed by atoms with Crippen molar-refractivity contribution in [1.29, 1.82) is 0 Å². The fraction of sp³-hybridized carbons (Fsp3) is 0.188. The Kier molecular flexibility index (Phi) is 4.26. The van der Waals surface area contributed by atoms with Gasteiger partial charge in [0.05, 0.1) is 18.1 Å². The number of hydrogen-bond acceptors (Lipinski definition) is 3. The molecular formula is C16H15ClN4O3. The van der Waals surface area contributed by atoms with E-state index in [9.17, 15) is 14.4 Å². The van der Waals surface area contributed by atoms with Crippen LogP contribution in [0.1, 0.15) is 16.1 Å². The highest BCUT2D eigenvalue weighted by Crippen LogP contribution is 2.24. The van der Waals surface area contributed by atoms with Gasteiger partial charge in [-0.3, -0.25) is 14.5 Å². The molecular weight excluding hydrogens is 332 g/mol. The lowest BCUT2D eigenvalue weighted by molar-refractivity contribution is -0.125. The van der Waals surface area contributed by atoms with Crippen LogP contribution in [0.2, 0.25) is 5.02 Å². The zero-order valence-corrected chi connectivity index (χ0v) is 13.6. The number of halogens is 1. The van der Waals surface area contributed by atoms with E-state index in [0.29, 0.717) is 16.4 Å². The van der Waals surface area contributed by atoms with E-state index in [2.05, 4.69) is 10.3 Å². The van der Waals surface area contributed by atoms with Gasteiger partial charge in [0.15, 0.2) is 0 Å². The van der Waals surface area contributed by atoms with Crippen LogP contribution < -0.4 is 5.32 Å². The maximum absolute atomic E-state index is 12.6. The Morgan fingerprint density at radius 2 is 2.08 bits per heavy atom. The Labute approximate surface area is 143 Å². The number of ketones is 1. The summed E-state index contributed by atoms with van der Waals surface area (Å²) in [4.78, 5) is 42.1. The number of nitrogens with one attached hydrogen (secondary N) is 2. The number of amides is 3. The number of urea groups is 1. The number of nitrogens with zero attached hydrogens (tertiary/aromatic N) is 2. The molecule has 0 saturated carbocycles. The third-order valence-corrected chi connectivity index (χ3v) is 3.97. The first kappa shape index (κ1) is 16.1. The number of anilines is 1. The maximum atomic E-state index is 12.6. The summed E-state index contributed by atoms with van der Waals surface area (Å²) in [7, 11) is 1.62. The number of benzene rings is 1. The Hall–Kier alpha value is -2.80. The molecule has 1 fully saturated rings. The van der Waals surface area contributed by atoms with Gasteiger partial charge in [0.25, 0.3) is 0 Å². The van der Waals surface area contributed by atoms with Gasteiger partial charge in [-0.15, -0.1) is 0 Å². The number of carbonyl (C=O) groups is 3. The number of carbonyl (C=O) groups excluding carboxylic acids is 3. The SMILES string of the molecule is CN1CN(C(=O)Nc2ccc(Cl)cc2C(=O)c2ccc[nH]2)CC1=O. The topological polar surface area (TPSA) is 85.5 Å². The Balaban J connectivity index is 1.84. The maximum Gasteiger partial charge on any atom is 0.323 e. The van der Waals surface area contributed by atoms with Crippen LogP contribution in [0.5, 0.6) is 0 Å². The van der Waals surface area contributed by atoms with Gasteiger partial charge < -0.3 is 15.2 Å². The van der Waals surface area contributed by atoms with E-state index in [1.165, 1.54) is 15.9 Å². The minimum Gasteiger partial charge on any atom is -0.359 e. The Morgan fingerprint density at radius 1 is 1.29 bits per heavy atom. The highest BCUT2D eigenvalue weighted by molar-refractivity contribution is 6.31. The lowest BCUT2D eigenvalue weighted by Crippen LogP contribution is -2.34. The van der Waals surface area contributed by atoms with Crippen molar-refractivity contribution in [3.63, 3.8) is 0 Å². The van der Waals surface area contributed by atoms with E-state index in [1.54, 1.807) is 37.5 Å². The van der Waals surface area contributed by atoms with Gasteiger partial charge in [0.2, 0.25) is 11.7 Å². The fourth-order valence-electron chi connectivity index (χ4n) is 2.43. The Bertz CT molecular complexity index is 804. The third-order valence-electron chi connectivity index (χ3n) is 3.73. The average Bonchev–Trinajstić information content (AvgIpc) is 3.19. The predicted molar refractivity (Wildman–Crippen MR) is 89.0 cm³/mol. The summed E-state index contributed by atoms with van der Waals surface area (Å²) in [5.41, 5.74) is 1.01. The summed E-state index contributed by atoms with van der Waals surface area (Å²) in [6, 6.07) is 7.56. The van der Waals surface area contributed by atoms with Crippen LogP contribution in [0.3, 0.4) is 0 Å². The number of hydrogen-bond donors (Lipinski definition) is 2. The molecule has 1 aliphatic heterocycles. The largest absolute Gasteiger partial charge is 0.359 e. The molecule has 3 rings (SSSR count). The molecule has 1 aliphatic rings. The molecule has 0 aliphatic carbocycles. The standard InChI is InChI=1S/C16H15ClN4O3/c1-20-9-21(8-14(20)22)16(24)19-12-5-4-10(17)7-11(12)15(23)13-3-2-6-18-13/h2-7,18H,8-9H2,1H3,(H,19,24). The zero-order valence-electron chi connectivity index (χ0n) is 12.9. The summed E-state index contributed by atoms with van der Waals surface area (Å²) in [5, 5.41) is 3.07. The van der Waals surface area contributed by atoms with Gasteiger partial charge in [0, 0.05) is 23.8 Å². The molecule has 7 nitrogen and oxygen atoms in total. The smallest absolute Gasteiger partial charge is 0.323 e. The van der Waals surface area contributed by atoms with Crippen LogP contribution in [0.4, 0.5) is 10.5 Å². The summed E-state index contributed by atoms with van der Waals surface area (Å²) in [6.07, 6.45) is 1.64. The molecule has 3 amide bonds. The highest BCUT2D eigenvalue weighted by Gasteiger charge is 2.28.